The topological polar surface area (TPSA) is 91.5 Å². The minimum atomic E-state index is -0.572. The summed E-state index contributed by atoms with van der Waals surface area (Å²) in [6.45, 7) is 3.79. The molecule has 7 nitrogen and oxygen atoms in total. The summed E-state index contributed by atoms with van der Waals surface area (Å²) in [6, 6.07) is 3.05. The maximum atomic E-state index is 11.9. The van der Waals surface area contributed by atoms with Gasteiger partial charge in [0.1, 0.15) is 12.4 Å². The summed E-state index contributed by atoms with van der Waals surface area (Å²) < 4.78 is 15.0. The van der Waals surface area contributed by atoms with Gasteiger partial charge >= 0.3 is 11.9 Å². The number of carbonyl (C=O) groups is 2. The number of aromatic nitrogens is 2. The lowest BCUT2D eigenvalue weighted by atomic mass is 10.1. The molecular weight excluding hydrogens is 344 g/mol. The van der Waals surface area contributed by atoms with Gasteiger partial charge < -0.3 is 13.9 Å². The van der Waals surface area contributed by atoms with E-state index < -0.39 is 5.97 Å². The Balaban J connectivity index is 1.87. The quantitative estimate of drug-likeness (QED) is 0.421. The van der Waals surface area contributed by atoms with E-state index in [9.17, 15) is 9.59 Å². The lowest BCUT2D eigenvalue weighted by Crippen LogP contribution is -2.09. The predicted molar refractivity (Wildman–Crippen MR) is 91.5 cm³/mol. The van der Waals surface area contributed by atoms with Crippen LogP contribution in [0.5, 0.6) is 0 Å². The number of furan rings is 1. The molecule has 0 bridgehead atoms. The maximum Gasteiger partial charge on any atom is 0.373 e. The average molecular weight is 364 g/mol. The van der Waals surface area contributed by atoms with Crippen molar-refractivity contribution in [3.05, 3.63) is 40.6 Å². The van der Waals surface area contributed by atoms with Gasteiger partial charge in [-0.25, -0.2) is 14.8 Å². The molecule has 0 amide bonds. The fraction of sp³-hybridized carbons (Fsp3) is 0.412. The molecule has 0 aliphatic heterocycles. The van der Waals surface area contributed by atoms with E-state index in [1.54, 1.807) is 6.07 Å². The molecule has 0 atom stereocenters. The van der Waals surface area contributed by atoms with Crippen molar-refractivity contribution in [2.75, 3.05) is 13.4 Å². The predicted octanol–water partition coefficient (Wildman–Crippen LogP) is 2.87. The Labute approximate surface area is 150 Å². The molecule has 0 radical (unpaired) electrons. The van der Waals surface area contributed by atoms with E-state index in [0.29, 0.717) is 12.2 Å². The van der Waals surface area contributed by atoms with Gasteiger partial charge in [-0.15, -0.1) is 0 Å². The van der Waals surface area contributed by atoms with Crippen LogP contribution in [0.15, 0.2) is 21.7 Å². The highest BCUT2D eigenvalue weighted by molar-refractivity contribution is 7.98. The highest BCUT2D eigenvalue weighted by atomic mass is 32.2. The fourth-order valence-electron chi connectivity index (χ4n) is 2.28. The van der Waals surface area contributed by atoms with E-state index in [1.807, 2.05) is 20.1 Å². The van der Waals surface area contributed by atoms with Crippen LogP contribution in [0.2, 0.25) is 0 Å². The van der Waals surface area contributed by atoms with Crippen LogP contribution in [0, 0.1) is 13.8 Å². The van der Waals surface area contributed by atoms with E-state index in [-0.39, 0.29) is 24.8 Å². The number of ether oxygens (including phenoxy) is 2. The van der Waals surface area contributed by atoms with Gasteiger partial charge in [-0.05, 0) is 44.2 Å². The Hall–Kier alpha value is -2.35. The first kappa shape index (κ1) is 19.0. The number of carbonyl (C=O) groups excluding carboxylic acids is 2. The van der Waals surface area contributed by atoms with Crippen LogP contribution in [-0.4, -0.2) is 35.3 Å². The molecule has 0 aliphatic carbocycles. The zero-order valence-corrected chi connectivity index (χ0v) is 15.4. The fourth-order valence-corrected chi connectivity index (χ4v) is 2.73. The molecule has 0 saturated heterocycles. The van der Waals surface area contributed by atoms with Crippen LogP contribution >= 0.6 is 11.8 Å². The summed E-state index contributed by atoms with van der Waals surface area (Å²) in [6.07, 6.45) is 2.65. The van der Waals surface area contributed by atoms with E-state index in [0.717, 1.165) is 22.1 Å². The number of methoxy groups -OCH3 is 1. The van der Waals surface area contributed by atoms with Crippen molar-refractivity contribution in [3.8, 4) is 0 Å². The summed E-state index contributed by atoms with van der Waals surface area (Å²) in [5, 5.41) is 0.723. The highest BCUT2D eigenvalue weighted by Gasteiger charge is 2.14. The molecule has 2 heterocycles. The summed E-state index contributed by atoms with van der Waals surface area (Å²) >= 11 is 1.48. The number of hydrogen-bond donors (Lipinski definition) is 0. The third-order valence-corrected chi connectivity index (χ3v) is 4.13. The molecular formula is C17H20N2O5S. The van der Waals surface area contributed by atoms with Crippen LogP contribution in [0.3, 0.4) is 0 Å². The number of aryl methyl sites for hydroxylation is 2. The molecule has 2 rings (SSSR count). The van der Waals surface area contributed by atoms with E-state index >= 15 is 0 Å². The number of esters is 2. The molecule has 0 aliphatic rings. The number of rotatable bonds is 7. The van der Waals surface area contributed by atoms with E-state index in [4.69, 9.17) is 9.15 Å². The normalized spacial score (nSPS) is 10.6. The van der Waals surface area contributed by atoms with Gasteiger partial charge in [0, 0.05) is 17.8 Å². The van der Waals surface area contributed by atoms with Crippen molar-refractivity contribution in [2.45, 2.75) is 38.5 Å². The Morgan fingerprint density at radius 2 is 1.88 bits per heavy atom. The number of nitrogens with zero attached hydrogens (tertiary/aromatic N) is 2. The molecule has 0 saturated carbocycles. The Bertz CT molecular complexity index is 749. The molecule has 0 N–H and O–H groups in total. The minimum Gasteiger partial charge on any atom is -0.463 e. The van der Waals surface area contributed by atoms with Crippen LogP contribution in [0.25, 0.3) is 0 Å². The monoisotopic (exact) mass is 364 g/mol. The Kier molecular flexibility index (Phi) is 6.58. The van der Waals surface area contributed by atoms with Crippen molar-refractivity contribution in [2.24, 2.45) is 0 Å². The molecule has 0 unspecified atom stereocenters. The van der Waals surface area contributed by atoms with Crippen molar-refractivity contribution >= 4 is 23.7 Å². The zero-order valence-electron chi connectivity index (χ0n) is 14.6. The van der Waals surface area contributed by atoms with E-state index in [1.165, 1.54) is 24.9 Å². The molecule has 0 aromatic carbocycles. The molecule has 2 aromatic heterocycles. The Morgan fingerprint density at radius 3 is 2.48 bits per heavy atom. The lowest BCUT2D eigenvalue weighted by molar-refractivity contribution is -0.145. The second-order valence-electron chi connectivity index (χ2n) is 5.28. The largest absolute Gasteiger partial charge is 0.463 e. The first-order valence-corrected chi connectivity index (χ1v) is 8.87. The standard InChI is InChI=1S/C17H20N2O5S/c1-10-13(11(2)19-17(18-10)25-4)6-8-15(20)23-9-12-5-7-14(24-12)16(21)22-3/h5,7H,6,8-9H2,1-4H3. The van der Waals surface area contributed by atoms with Crippen LogP contribution in [0.4, 0.5) is 0 Å². The average Bonchev–Trinajstić information content (AvgIpc) is 3.07. The second kappa shape index (κ2) is 8.66. The minimum absolute atomic E-state index is 0.0320. The first-order chi connectivity index (χ1) is 11.9. The third kappa shape index (κ3) is 5.06. The smallest absolute Gasteiger partial charge is 0.373 e. The number of hydrogen-bond acceptors (Lipinski definition) is 8. The molecule has 0 fully saturated rings. The van der Waals surface area contributed by atoms with E-state index in [2.05, 4.69) is 14.7 Å². The summed E-state index contributed by atoms with van der Waals surface area (Å²) in [4.78, 5) is 32.0. The molecule has 0 spiro atoms. The van der Waals surface area contributed by atoms with Crippen molar-refractivity contribution in [1.82, 2.24) is 9.97 Å². The zero-order chi connectivity index (χ0) is 18.4. The molecule has 25 heavy (non-hydrogen) atoms. The molecule has 134 valence electrons. The molecule has 2 aromatic rings. The Morgan fingerprint density at radius 1 is 1.20 bits per heavy atom. The second-order valence-corrected chi connectivity index (χ2v) is 6.05. The van der Waals surface area contributed by atoms with Gasteiger partial charge in [-0.3, -0.25) is 4.79 Å². The van der Waals surface area contributed by atoms with Gasteiger partial charge in [0.15, 0.2) is 5.16 Å². The first-order valence-electron chi connectivity index (χ1n) is 7.65. The van der Waals surface area contributed by atoms with Gasteiger partial charge in [0.05, 0.1) is 7.11 Å². The third-order valence-electron chi connectivity index (χ3n) is 3.59. The van der Waals surface area contributed by atoms with Crippen molar-refractivity contribution in [1.29, 1.82) is 0 Å². The highest BCUT2D eigenvalue weighted by Crippen LogP contribution is 2.17. The lowest BCUT2D eigenvalue weighted by Gasteiger charge is -2.09. The summed E-state index contributed by atoms with van der Waals surface area (Å²) in [7, 11) is 1.27. The van der Waals surface area contributed by atoms with Gasteiger partial charge in [0.25, 0.3) is 0 Å². The maximum absolute atomic E-state index is 11.9. The SMILES string of the molecule is COC(=O)c1ccc(COC(=O)CCc2c(C)nc(SC)nc2C)o1. The van der Waals surface area contributed by atoms with Crippen molar-refractivity contribution in [3.63, 3.8) is 0 Å². The van der Waals surface area contributed by atoms with Gasteiger partial charge in [0.2, 0.25) is 5.76 Å². The van der Waals surface area contributed by atoms with Gasteiger partial charge in [-0.1, -0.05) is 11.8 Å². The van der Waals surface area contributed by atoms with Crippen molar-refractivity contribution < 1.29 is 23.5 Å². The van der Waals surface area contributed by atoms with Crippen LogP contribution in [0.1, 0.15) is 39.7 Å². The molecule has 8 heteroatoms. The summed E-state index contributed by atoms with van der Waals surface area (Å²) in [5.74, 6) is -0.472. The van der Waals surface area contributed by atoms with Crippen LogP contribution in [-0.2, 0) is 27.3 Å². The number of thioether (sulfide) groups is 1. The summed E-state index contributed by atoms with van der Waals surface area (Å²) in [5.41, 5.74) is 2.71. The van der Waals surface area contributed by atoms with Gasteiger partial charge in [-0.2, -0.15) is 0 Å². The van der Waals surface area contributed by atoms with Crippen LogP contribution < -0.4 is 0 Å².